The predicted octanol–water partition coefficient (Wildman–Crippen LogP) is 1.79. The number of H-pyrrole nitrogens is 1. The number of carbonyl (C=O) groups excluding carboxylic acids is 1. The molecule has 0 aliphatic carbocycles. The summed E-state index contributed by atoms with van der Waals surface area (Å²) in [6, 6.07) is 5.61. The van der Waals surface area contributed by atoms with Gasteiger partial charge in [-0.25, -0.2) is 4.98 Å². The number of aliphatic hydroxyl groups is 1. The van der Waals surface area contributed by atoms with Gasteiger partial charge in [0.1, 0.15) is 0 Å². The van der Waals surface area contributed by atoms with Crippen LogP contribution in [-0.2, 0) is 4.79 Å². The van der Waals surface area contributed by atoms with E-state index in [1.165, 1.54) is 0 Å². The van der Waals surface area contributed by atoms with E-state index in [9.17, 15) is 9.90 Å². The van der Waals surface area contributed by atoms with Crippen molar-refractivity contribution in [2.24, 2.45) is 11.8 Å². The van der Waals surface area contributed by atoms with Crippen LogP contribution in [0, 0.1) is 11.8 Å². The van der Waals surface area contributed by atoms with Crippen LogP contribution < -0.4 is 4.90 Å². The molecule has 1 unspecified atom stereocenters. The molecule has 102 valence electrons. The van der Waals surface area contributed by atoms with Gasteiger partial charge in [-0.1, -0.05) is 13.8 Å². The largest absolute Gasteiger partial charge is 0.396 e. The Morgan fingerprint density at radius 3 is 2.84 bits per heavy atom. The van der Waals surface area contributed by atoms with Crippen molar-refractivity contribution < 1.29 is 9.90 Å². The van der Waals surface area contributed by atoms with E-state index in [4.69, 9.17) is 0 Å². The number of aliphatic hydroxyl groups excluding tert-OH is 1. The van der Waals surface area contributed by atoms with Crippen LogP contribution in [0.15, 0.2) is 24.5 Å². The first kappa shape index (κ1) is 13.5. The molecule has 1 aromatic carbocycles. The van der Waals surface area contributed by atoms with Crippen LogP contribution in [-0.4, -0.2) is 34.6 Å². The Kier molecular flexibility index (Phi) is 3.85. The summed E-state index contributed by atoms with van der Waals surface area (Å²) >= 11 is 0. The lowest BCUT2D eigenvalue weighted by Crippen LogP contribution is -2.37. The number of aromatic nitrogens is 2. The molecule has 2 N–H and O–H groups in total. The summed E-state index contributed by atoms with van der Waals surface area (Å²) in [6.45, 7) is 3.74. The molecule has 0 spiro atoms. The summed E-state index contributed by atoms with van der Waals surface area (Å²) in [5, 5.41) is 9.34. The number of hydrogen-bond acceptors (Lipinski definition) is 3. The van der Waals surface area contributed by atoms with Gasteiger partial charge < -0.3 is 15.0 Å². The summed E-state index contributed by atoms with van der Waals surface area (Å²) in [7, 11) is 1.73. The van der Waals surface area contributed by atoms with Crippen LogP contribution in [0.2, 0.25) is 0 Å². The smallest absolute Gasteiger partial charge is 0.232 e. The first-order chi connectivity index (χ1) is 9.04. The number of hydrogen-bond donors (Lipinski definition) is 2. The average molecular weight is 261 g/mol. The fourth-order valence-corrected chi connectivity index (χ4v) is 2.08. The van der Waals surface area contributed by atoms with Crippen molar-refractivity contribution in [3.05, 3.63) is 24.5 Å². The van der Waals surface area contributed by atoms with E-state index >= 15 is 0 Å². The summed E-state index contributed by atoms with van der Waals surface area (Å²) in [5.74, 6) is -0.338. The molecular formula is C14H19N3O2. The van der Waals surface area contributed by atoms with Gasteiger partial charge in [-0.2, -0.15) is 0 Å². The number of imidazole rings is 1. The van der Waals surface area contributed by atoms with Crippen molar-refractivity contribution in [2.75, 3.05) is 18.6 Å². The van der Waals surface area contributed by atoms with Crippen molar-refractivity contribution in [2.45, 2.75) is 13.8 Å². The maximum absolute atomic E-state index is 12.3. The van der Waals surface area contributed by atoms with Gasteiger partial charge >= 0.3 is 0 Å². The molecule has 0 radical (unpaired) electrons. The molecule has 5 heteroatoms. The molecule has 0 saturated heterocycles. The fraction of sp³-hybridized carbons (Fsp3) is 0.429. The molecule has 1 aromatic heterocycles. The number of aromatic amines is 1. The minimum absolute atomic E-state index is 0.0728. The molecule has 5 nitrogen and oxygen atoms in total. The molecule has 1 heterocycles. The molecule has 0 fully saturated rings. The van der Waals surface area contributed by atoms with Crippen LogP contribution in [0.25, 0.3) is 11.0 Å². The lowest BCUT2D eigenvalue weighted by molar-refractivity contribution is -0.124. The van der Waals surface area contributed by atoms with Crippen molar-refractivity contribution in [3.8, 4) is 0 Å². The van der Waals surface area contributed by atoms with Crippen molar-refractivity contribution in [1.29, 1.82) is 0 Å². The number of fused-ring (bicyclic) bond motifs is 1. The van der Waals surface area contributed by atoms with E-state index in [0.717, 1.165) is 16.7 Å². The van der Waals surface area contributed by atoms with Crippen molar-refractivity contribution in [3.63, 3.8) is 0 Å². The molecule has 1 atom stereocenters. The second-order valence-electron chi connectivity index (χ2n) is 5.03. The molecule has 0 aliphatic heterocycles. The zero-order chi connectivity index (χ0) is 14.0. The fourth-order valence-electron chi connectivity index (χ4n) is 2.08. The molecular weight excluding hydrogens is 242 g/mol. The normalized spacial score (nSPS) is 12.9. The maximum Gasteiger partial charge on any atom is 0.232 e. The van der Waals surface area contributed by atoms with Gasteiger partial charge in [0.2, 0.25) is 5.91 Å². The Morgan fingerprint density at radius 1 is 1.47 bits per heavy atom. The Morgan fingerprint density at radius 2 is 2.21 bits per heavy atom. The highest BCUT2D eigenvalue weighted by atomic mass is 16.3. The number of benzene rings is 1. The van der Waals surface area contributed by atoms with Crippen LogP contribution in [0.1, 0.15) is 13.8 Å². The number of nitrogens with zero attached hydrogens (tertiary/aromatic N) is 2. The van der Waals surface area contributed by atoms with Gasteiger partial charge in [-0.3, -0.25) is 4.79 Å². The Bertz CT molecular complexity index is 577. The highest BCUT2D eigenvalue weighted by molar-refractivity contribution is 5.96. The van der Waals surface area contributed by atoms with Gasteiger partial charge in [-0.05, 0) is 24.1 Å². The number of nitrogens with one attached hydrogen (secondary N) is 1. The van der Waals surface area contributed by atoms with Crippen molar-refractivity contribution >= 4 is 22.6 Å². The first-order valence-corrected chi connectivity index (χ1v) is 6.36. The van der Waals surface area contributed by atoms with Crippen LogP contribution in [0.4, 0.5) is 5.69 Å². The van der Waals surface area contributed by atoms with Gasteiger partial charge in [0.15, 0.2) is 0 Å². The van der Waals surface area contributed by atoms with Crippen LogP contribution in [0.3, 0.4) is 0 Å². The van der Waals surface area contributed by atoms with E-state index in [-0.39, 0.29) is 24.3 Å². The Balaban J connectivity index is 2.27. The highest BCUT2D eigenvalue weighted by Gasteiger charge is 2.25. The molecule has 2 aromatic rings. The van der Waals surface area contributed by atoms with E-state index in [0.29, 0.717) is 0 Å². The maximum atomic E-state index is 12.3. The highest BCUT2D eigenvalue weighted by Crippen LogP contribution is 2.22. The second-order valence-corrected chi connectivity index (χ2v) is 5.03. The minimum atomic E-state index is -0.373. The first-order valence-electron chi connectivity index (χ1n) is 6.36. The minimum Gasteiger partial charge on any atom is -0.396 e. The Hall–Kier alpha value is -1.88. The monoisotopic (exact) mass is 261 g/mol. The third kappa shape index (κ3) is 2.61. The van der Waals surface area contributed by atoms with E-state index in [1.807, 2.05) is 32.0 Å². The molecule has 0 bridgehead atoms. The molecule has 19 heavy (non-hydrogen) atoms. The molecule has 2 rings (SSSR count). The summed E-state index contributed by atoms with van der Waals surface area (Å²) in [6.07, 6.45) is 1.63. The number of carbonyl (C=O) groups is 1. The average Bonchev–Trinajstić information content (AvgIpc) is 2.85. The van der Waals surface area contributed by atoms with Gasteiger partial charge in [-0.15, -0.1) is 0 Å². The second kappa shape index (κ2) is 5.40. The van der Waals surface area contributed by atoms with Gasteiger partial charge in [0.05, 0.1) is 29.9 Å². The van der Waals surface area contributed by atoms with Gasteiger partial charge in [0, 0.05) is 12.7 Å². The van der Waals surface area contributed by atoms with E-state index in [2.05, 4.69) is 9.97 Å². The Labute approximate surface area is 112 Å². The third-order valence-electron chi connectivity index (χ3n) is 3.44. The molecule has 0 aliphatic rings. The third-order valence-corrected chi connectivity index (χ3v) is 3.44. The summed E-state index contributed by atoms with van der Waals surface area (Å²) in [5.41, 5.74) is 2.55. The summed E-state index contributed by atoms with van der Waals surface area (Å²) in [4.78, 5) is 21.1. The number of amides is 1. The summed E-state index contributed by atoms with van der Waals surface area (Å²) < 4.78 is 0. The van der Waals surface area contributed by atoms with E-state index in [1.54, 1.807) is 18.3 Å². The van der Waals surface area contributed by atoms with Crippen LogP contribution in [0.5, 0.6) is 0 Å². The van der Waals surface area contributed by atoms with Crippen LogP contribution >= 0.6 is 0 Å². The van der Waals surface area contributed by atoms with Gasteiger partial charge in [0.25, 0.3) is 0 Å². The standard InChI is InChI=1S/C14H19N3O2/c1-9(2)11(7-18)14(19)17(3)10-4-5-12-13(6-10)16-8-15-12/h4-6,8-9,11,18H,7H2,1-3H3,(H,15,16). The zero-order valence-electron chi connectivity index (χ0n) is 11.4. The topological polar surface area (TPSA) is 69.2 Å². The van der Waals surface area contributed by atoms with Crippen molar-refractivity contribution in [1.82, 2.24) is 9.97 Å². The molecule has 1 amide bonds. The lowest BCUT2D eigenvalue weighted by Gasteiger charge is -2.25. The quantitative estimate of drug-likeness (QED) is 0.881. The SMILES string of the molecule is CC(C)C(CO)C(=O)N(C)c1ccc2nc[nH]c2c1. The lowest BCUT2D eigenvalue weighted by atomic mass is 9.95. The predicted molar refractivity (Wildman–Crippen MR) is 74.9 cm³/mol. The van der Waals surface area contributed by atoms with E-state index < -0.39 is 0 Å². The number of rotatable bonds is 4. The number of anilines is 1. The molecule has 0 saturated carbocycles. The zero-order valence-corrected chi connectivity index (χ0v) is 11.4.